The van der Waals surface area contributed by atoms with Gasteiger partial charge in [0.15, 0.2) is 5.11 Å². The Balaban J connectivity index is 1.97. The third-order valence-corrected chi connectivity index (χ3v) is 3.82. The lowest BCUT2D eigenvalue weighted by atomic mass is 10.2. The second-order valence-corrected chi connectivity index (χ2v) is 6.81. The van der Waals surface area contributed by atoms with Gasteiger partial charge in [-0.25, -0.2) is 0 Å². The Morgan fingerprint density at radius 1 is 1.23 bits per heavy atom. The maximum absolute atomic E-state index is 12.4. The summed E-state index contributed by atoms with van der Waals surface area (Å²) >= 11 is 11.3. The van der Waals surface area contributed by atoms with Crippen molar-refractivity contribution >= 4 is 40.5 Å². The van der Waals surface area contributed by atoms with E-state index in [0.29, 0.717) is 40.3 Å². The van der Waals surface area contributed by atoms with E-state index in [1.54, 1.807) is 36.4 Å². The summed E-state index contributed by atoms with van der Waals surface area (Å²) in [7, 11) is 1.54. The number of carbonyl (C=O) groups excluding carboxylic acids is 1. The minimum atomic E-state index is -0.322. The predicted octanol–water partition coefficient (Wildman–Crippen LogP) is 4.51. The van der Waals surface area contributed by atoms with Crippen molar-refractivity contribution < 1.29 is 14.3 Å². The van der Waals surface area contributed by atoms with Crippen LogP contribution in [0.3, 0.4) is 0 Å². The maximum atomic E-state index is 12.4. The molecular weight excluding hydrogens is 372 g/mol. The Labute approximate surface area is 163 Å². The van der Waals surface area contributed by atoms with E-state index in [0.717, 1.165) is 0 Å². The van der Waals surface area contributed by atoms with Gasteiger partial charge in [-0.1, -0.05) is 31.5 Å². The third kappa shape index (κ3) is 5.89. The highest BCUT2D eigenvalue weighted by molar-refractivity contribution is 7.80. The van der Waals surface area contributed by atoms with Crippen molar-refractivity contribution in [1.29, 1.82) is 0 Å². The number of anilines is 1. The number of benzene rings is 2. The molecule has 0 aliphatic rings. The molecule has 0 heterocycles. The van der Waals surface area contributed by atoms with Crippen LogP contribution in [0.2, 0.25) is 5.02 Å². The fourth-order valence-electron chi connectivity index (χ4n) is 2.07. The number of rotatable bonds is 6. The fraction of sp³-hybridized carbons (Fsp3) is 0.263. The molecule has 0 bridgehead atoms. The fourth-order valence-corrected chi connectivity index (χ4v) is 2.54. The van der Waals surface area contributed by atoms with Crippen molar-refractivity contribution in [1.82, 2.24) is 5.32 Å². The summed E-state index contributed by atoms with van der Waals surface area (Å²) in [6, 6.07) is 12.1. The van der Waals surface area contributed by atoms with Gasteiger partial charge in [0.2, 0.25) is 0 Å². The minimum Gasteiger partial charge on any atom is -0.495 e. The zero-order valence-corrected chi connectivity index (χ0v) is 16.4. The maximum Gasteiger partial charge on any atom is 0.257 e. The first kappa shape index (κ1) is 20.0. The quantitative estimate of drug-likeness (QED) is 0.708. The van der Waals surface area contributed by atoms with Crippen LogP contribution in [-0.4, -0.2) is 24.7 Å². The van der Waals surface area contributed by atoms with Gasteiger partial charge < -0.3 is 14.8 Å². The summed E-state index contributed by atoms with van der Waals surface area (Å²) in [5.41, 5.74) is 1.11. The number of thiocarbonyl (C=S) groups is 1. The van der Waals surface area contributed by atoms with Crippen LogP contribution in [0.1, 0.15) is 24.2 Å². The van der Waals surface area contributed by atoms with E-state index < -0.39 is 0 Å². The summed E-state index contributed by atoms with van der Waals surface area (Å²) < 4.78 is 10.7. The standard InChI is InChI=1S/C19H21ClN2O3S/c1-12(2)11-25-15-6-4-5-13(9-15)18(23)22-19(26)21-14-7-8-17(24-3)16(20)10-14/h4-10,12H,11H2,1-3H3,(H2,21,22,23,26). The van der Waals surface area contributed by atoms with Gasteiger partial charge in [0.25, 0.3) is 5.91 Å². The zero-order chi connectivity index (χ0) is 19.1. The Morgan fingerprint density at radius 2 is 2.00 bits per heavy atom. The van der Waals surface area contributed by atoms with Crippen molar-refractivity contribution in [2.24, 2.45) is 5.92 Å². The highest BCUT2D eigenvalue weighted by Gasteiger charge is 2.10. The molecule has 0 spiro atoms. The summed E-state index contributed by atoms with van der Waals surface area (Å²) in [6.45, 7) is 4.71. The van der Waals surface area contributed by atoms with E-state index in [1.807, 2.05) is 6.07 Å². The van der Waals surface area contributed by atoms with Gasteiger partial charge in [-0.05, 0) is 54.5 Å². The van der Waals surface area contributed by atoms with E-state index >= 15 is 0 Å². The minimum absolute atomic E-state index is 0.171. The molecule has 5 nitrogen and oxygen atoms in total. The average molecular weight is 393 g/mol. The van der Waals surface area contributed by atoms with Gasteiger partial charge in [-0.15, -0.1) is 0 Å². The lowest BCUT2D eigenvalue weighted by molar-refractivity contribution is 0.0977. The van der Waals surface area contributed by atoms with Gasteiger partial charge in [-0.2, -0.15) is 0 Å². The molecule has 0 aromatic heterocycles. The molecule has 0 saturated heterocycles. The van der Waals surface area contributed by atoms with Crippen LogP contribution >= 0.6 is 23.8 Å². The molecule has 0 fully saturated rings. The molecule has 0 saturated carbocycles. The van der Waals surface area contributed by atoms with E-state index in [9.17, 15) is 4.79 Å². The number of ether oxygens (including phenoxy) is 2. The zero-order valence-electron chi connectivity index (χ0n) is 14.8. The second kappa shape index (κ2) is 9.40. The molecule has 2 aromatic carbocycles. The number of amides is 1. The molecule has 0 aliphatic carbocycles. The van der Waals surface area contributed by atoms with Crippen molar-refractivity contribution in [3.63, 3.8) is 0 Å². The van der Waals surface area contributed by atoms with Gasteiger partial charge in [-0.3, -0.25) is 10.1 Å². The predicted molar refractivity (Wildman–Crippen MR) is 108 cm³/mol. The van der Waals surface area contributed by atoms with Crippen LogP contribution in [0.25, 0.3) is 0 Å². The lowest BCUT2D eigenvalue weighted by Crippen LogP contribution is -2.34. The number of nitrogens with one attached hydrogen (secondary N) is 2. The van der Waals surface area contributed by atoms with E-state index in [4.69, 9.17) is 33.3 Å². The van der Waals surface area contributed by atoms with Crippen LogP contribution in [0.4, 0.5) is 5.69 Å². The van der Waals surface area contributed by atoms with E-state index in [-0.39, 0.29) is 11.0 Å². The number of hydrogen-bond acceptors (Lipinski definition) is 4. The monoisotopic (exact) mass is 392 g/mol. The number of methoxy groups -OCH3 is 1. The molecule has 0 atom stereocenters. The first-order chi connectivity index (χ1) is 12.4. The SMILES string of the molecule is COc1ccc(NC(=S)NC(=O)c2cccc(OCC(C)C)c2)cc1Cl. The first-order valence-corrected chi connectivity index (χ1v) is 8.86. The van der Waals surface area contributed by atoms with Crippen molar-refractivity contribution in [3.8, 4) is 11.5 Å². The van der Waals surface area contributed by atoms with Gasteiger partial charge in [0.1, 0.15) is 11.5 Å². The van der Waals surface area contributed by atoms with E-state index in [1.165, 1.54) is 7.11 Å². The Morgan fingerprint density at radius 3 is 2.65 bits per heavy atom. The average Bonchev–Trinajstić information content (AvgIpc) is 2.60. The second-order valence-electron chi connectivity index (χ2n) is 5.99. The molecular formula is C19H21ClN2O3S. The molecule has 2 rings (SSSR count). The smallest absolute Gasteiger partial charge is 0.257 e. The Hall–Kier alpha value is -2.31. The van der Waals surface area contributed by atoms with Crippen LogP contribution in [-0.2, 0) is 0 Å². The number of carbonyl (C=O) groups is 1. The molecule has 2 aromatic rings. The summed E-state index contributed by atoms with van der Waals surface area (Å²) in [5, 5.41) is 6.17. The third-order valence-electron chi connectivity index (χ3n) is 3.32. The summed E-state index contributed by atoms with van der Waals surface area (Å²) in [4.78, 5) is 12.4. The number of hydrogen-bond donors (Lipinski definition) is 2. The molecule has 0 unspecified atom stereocenters. The summed E-state index contributed by atoms with van der Waals surface area (Å²) in [6.07, 6.45) is 0. The first-order valence-electron chi connectivity index (χ1n) is 8.07. The van der Waals surface area contributed by atoms with Crippen LogP contribution in [0, 0.1) is 5.92 Å². The van der Waals surface area contributed by atoms with Crippen molar-refractivity contribution in [2.75, 3.05) is 19.0 Å². The van der Waals surface area contributed by atoms with Gasteiger partial charge in [0.05, 0.1) is 18.7 Å². The molecule has 0 radical (unpaired) electrons. The van der Waals surface area contributed by atoms with Gasteiger partial charge in [0, 0.05) is 11.3 Å². The Kier molecular flexibility index (Phi) is 7.24. The van der Waals surface area contributed by atoms with E-state index in [2.05, 4.69) is 24.5 Å². The number of halogens is 1. The highest BCUT2D eigenvalue weighted by atomic mass is 35.5. The normalized spacial score (nSPS) is 10.3. The molecule has 26 heavy (non-hydrogen) atoms. The van der Waals surface area contributed by atoms with Crippen LogP contribution < -0.4 is 20.1 Å². The summed E-state index contributed by atoms with van der Waals surface area (Å²) in [5.74, 6) is 1.29. The highest BCUT2D eigenvalue weighted by Crippen LogP contribution is 2.27. The topological polar surface area (TPSA) is 59.6 Å². The Bertz CT molecular complexity index is 796. The molecule has 0 aliphatic heterocycles. The van der Waals surface area contributed by atoms with Crippen molar-refractivity contribution in [2.45, 2.75) is 13.8 Å². The van der Waals surface area contributed by atoms with Crippen LogP contribution in [0.5, 0.6) is 11.5 Å². The van der Waals surface area contributed by atoms with Crippen LogP contribution in [0.15, 0.2) is 42.5 Å². The largest absolute Gasteiger partial charge is 0.495 e. The molecule has 7 heteroatoms. The molecule has 2 N–H and O–H groups in total. The van der Waals surface area contributed by atoms with Gasteiger partial charge >= 0.3 is 0 Å². The molecule has 138 valence electrons. The molecule has 1 amide bonds. The van der Waals surface area contributed by atoms with Crippen molar-refractivity contribution in [3.05, 3.63) is 53.1 Å². The lowest BCUT2D eigenvalue weighted by Gasteiger charge is -2.12.